The van der Waals surface area contributed by atoms with Crippen LogP contribution in [0.5, 0.6) is 0 Å². The Morgan fingerprint density at radius 2 is 2.30 bits per heavy atom. The van der Waals surface area contributed by atoms with Crippen molar-refractivity contribution < 1.29 is 4.52 Å². The summed E-state index contributed by atoms with van der Waals surface area (Å²) >= 11 is 3.30. The summed E-state index contributed by atoms with van der Waals surface area (Å²) in [6.45, 7) is 0. The number of rotatable bonds is 0. The molecule has 2 aromatic rings. The molecule has 0 aliphatic heterocycles. The summed E-state index contributed by atoms with van der Waals surface area (Å²) in [5.41, 5.74) is 1.48. The van der Waals surface area contributed by atoms with Gasteiger partial charge in [-0.15, -0.1) is 5.10 Å². The predicted molar refractivity (Wildman–Crippen MR) is 39.5 cm³/mol. The number of hydrogen-bond acceptors (Lipinski definition) is 3. The zero-order chi connectivity index (χ0) is 6.97. The third-order valence-electron chi connectivity index (χ3n) is 1.21. The molecule has 0 saturated heterocycles. The first-order chi connectivity index (χ1) is 4.86. The van der Waals surface area contributed by atoms with Gasteiger partial charge >= 0.3 is 0 Å². The van der Waals surface area contributed by atoms with E-state index in [2.05, 4.69) is 26.3 Å². The van der Waals surface area contributed by atoms with E-state index in [4.69, 9.17) is 4.52 Å². The molecule has 0 spiro atoms. The summed E-state index contributed by atoms with van der Waals surface area (Å²) < 4.78 is 5.78. The van der Waals surface area contributed by atoms with E-state index in [-0.39, 0.29) is 0 Å². The van der Waals surface area contributed by atoms with E-state index in [0.717, 1.165) is 9.99 Å². The molecular formula is C6H3BrN2O. The van der Waals surface area contributed by atoms with Crippen molar-refractivity contribution in [2.24, 2.45) is 0 Å². The third-order valence-corrected chi connectivity index (χ3v) is 1.70. The first-order valence-corrected chi connectivity index (χ1v) is 3.53. The second-order valence-electron chi connectivity index (χ2n) is 1.88. The lowest BCUT2D eigenvalue weighted by molar-refractivity contribution is 0.424. The molecule has 0 radical (unpaired) electrons. The van der Waals surface area contributed by atoms with Gasteiger partial charge in [0.25, 0.3) is 0 Å². The normalized spacial score (nSPS) is 10.5. The van der Waals surface area contributed by atoms with E-state index in [1.54, 1.807) is 0 Å². The first kappa shape index (κ1) is 5.85. The van der Waals surface area contributed by atoms with Crippen LogP contribution < -0.4 is 0 Å². The van der Waals surface area contributed by atoms with E-state index in [1.807, 2.05) is 18.2 Å². The van der Waals surface area contributed by atoms with Crippen molar-refractivity contribution in [2.45, 2.75) is 0 Å². The molecule has 0 aliphatic carbocycles. The Kier molecular flexibility index (Phi) is 1.20. The standard InChI is InChI=1S/C6H3BrN2O/c7-4-1-2-5-6(3-4)10-9-8-5/h1-3H. The molecule has 1 aromatic carbocycles. The second kappa shape index (κ2) is 2.05. The maximum absolute atomic E-state index is 4.81. The highest BCUT2D eigenvalue weighted by atomic mass is 79.9. The minimum atomic E-state index is 0.703. The minimum Gasteiger partial charge on any atom is -0.337 e. The molecule has 0 unspecified atom stereocenters. The Bertz CT molecular complexity index is 357. The molecule has 1 aromatic heterocycles. The van der Waals surface area contributed by atoms with Gasteiger partial charge in [-0.3, -0.25) is 0 Å². The summed E-state index contributed by atoms with van der Waals surface area (Å²) in [5, 5.41) is 7.12. The van der Waals surface area contributed by atoms with Gasteiger partial charge in [0, 0.05) is 15.8 Å². The van der Waals surface area contributed by atoms with Gasteiger partial charge in [0.05, 0.1) is 0 Å². The van der Waals surface area contributed by atoms with Crippen LogP contribution in [0, 0.1) is 0 Å². The number of halogens is 1. The minimum absolute atomic E-state index is 0.703. The van der Waals surface area contributed by atoms with E-state index in [0.29, 0.717) is 5.58 Å². The van der Waals surface area contributed by atoms with Crippen LogP contribution in [0.3, 0.4) is 0 Å². The highest BCUT2D eigenvalue weighted by Crippen LogP contribution is 2.16. The van der Waals surface area contributed by atoms with Crippen LogP contribution >= 0.6 is 15.9 Å². The van der Waals surface area contributed by atoms with Crippen LogP contribution in [-0.4, -0.2) is 10.4 Å². The molecule has 0 saturated carbocycles. The van der Waals surface area contributed by atoms with E-state index in [1.165, 1.54) is 0 Å². The van der Waals surface area contributed by atoms with E-state index in [9.17, 15) is 0 Å². The number of aromatic nitrogens is 2. The molecule has 0 fully saturated rings. The molecular weight excluding hydrogens is 196 g/mol. The zero-order valence-electron chi connectivity index (χ0n) is 4.91. The number of fused-ring (bicyclic) bond motifs is 1. The lowest BCUT2D eigenvalue weighted by atomic mass is 10.3. The van der Waals surface area contributed by atoms with Gasteiger partial charge in [-0.2, -0.15) is 0 Å². The molecule has 0 bridgehead atoms. The molecule has 0 amide bonds. The summed E-state index contributed by atoms with van der Waals surface area (Å²) in [5.74, 6) is 0. The van der Waals surface area contributed by atoms with E-state index < -0.39 is 0 Å². The molecule has 0 N–H and O–H groups in total. The highest BCUT2D eigenvalue weighted by molar-refractivity contribution is 9.10. The molecule has 0 atom stereocenters. The fraction of sp³-hybridized carbons (Fsp3) is 0. The maximum Gasteiger partial charge on any atom is 0.188 e. The highest BCUT2D eigenvalue weighted by Gasteiger charge is 1.97. The molecule has 10 heavy (non-hydrogen) atoms. The lowest BCUT2D eigenvalue weighted by Crippen LogP contribution is -1.66. The Morgan fingerprint density at radius 1 is 1.40 bits per heavy atom. The fourth-order valence-corrected chi connectivity index (χ4v) is 1.09. The Morgan fingerprint density at radius 3 is 3.20 bits per heavy atom. The Labute approximate surface area is 65.1 Å². The number of nitrogens with zero attached hydrogens (tertiary/aromatic N) is 2. The second-order valence-corrected chi connectivity index (χ2v) is 2.80. The van der Waals surface area contributed by atoms with Crippen molar-refractivity contribution in [1.29, 1.82) is 0 Å². The van der Waals surface area contributed by atoms with Crippen molar-refractivity contribution >= 4 is 27.0 Å². The maximum atomic E-state index is 4.81. The van der Waals surface area contributed by atoms with Crippen LogP contribution in [-0.2, 0) is 0 Å². The van der Waals surface area contributed by atoms with Gasteiger partial charge in [-0.05, 0) is 12.1 Å². The van der Waals surface area contributed by atoms with Crippen LogP contribution in [0.1, 0.15) is 0 Å². The van der Waals surface area contributed by atoms with Crippen molar-refractivity contribution in [3.05, 3.63) is 22.7 Å². The van der Waals surface area contributed by atoms with Crippen molar-refractivity contribution in [1.82, 2.24) is 10.4 Å². The number of benzene rings is 1. The van der Waals surface area contributed by atoms with Gasteiger partial charge in [-0.1, -0.05) is 15.9 Å². The molecule has 1 heterocycles. The molecule has 4 heteroatoms. The largest absolute Gasteiger partial charge is 0.337 e. The quantitative estimate of drug-likeness (QED) is 0.651. The predicted octanol–water partition coefficient (Wildman–Crippen LogP) is 1.99. The average molecular weight is 199 g/mol. The molecule has 50 valence electrons. The average Bonchev–Trinajstić information content (AvgIpc) is 2.33. The molecule has 3 nitrogen and oxygen atoms in total. The summed E-state index contributed by atoms with van der Waals surface area (Å²) in [6.07, 6.45) is 0. The monoisotopic (exact) mass is 198 g/mol. The Hall–Kier alpha value is -0.900. The summed E-state index contributed by atoms with van der Waals surface area (Å²) in [6, 6.07) is 5.57. The van der Waals surface area contributed by atoms with Gasteiger partial charge in [-0.25, -0.2) is 0 Å². The van der Waals surface area contributed by atoms with Gasteiger partial charge in [0.2, 0.25) is 0 Å². The lowest BCUT2D eigenvalue weighted by Gasteiger charge is -1.84. The van der Waals surface area contributed by atoms with Crippen LogP contribution in [0.25, 0.3) is 11.1 Å². The topological polar surface area (TPSA) is 38.9 Å². The van der Waals surface area contributed by atoms with Crippen molar-refractivity contribution in [3.8, 4) is 0 Å². The van der Waals surface area contributed by atoms with Gasteiger partial charge in [0.15, 0.2) is 5.58 Å². The number of hydrogen-bond donors (Lipinski definition) is 0. The SMILES string of the molecule is Brc1ccc2nnoc2c1. The van der Waals surface area contributed by atoms with Crippen molar-refractivity contribution in [3.63, 3.8) is 0 Å². The summed E-state index contributed by atoms with van der Waals surface area (Å²) in [7, 11) is 0. The van der Waals surface area contributed by atoms with Crippen LogP contribution in [0.4, 0.5) is 0 Å². The zero-order valence-corrected chi connectivity index (χ0v) is 6.50. The van der Waals surface area contributed by atoms with Crippen LogP contribution in [0.15, 0.2) is 27.2 Å². The third kappa shape index (κ3) is 0.806. The Balaban J connectivity index is 2.86. The fourth-order valence-electron chi connectivity index (χ4n) is 0.752. The smallest absolute Gasteiger partial charge is 0.188 e. The summed E-state index contributed by atoms with van der Waals surface area (Å²) in [4.78, 5) is 0. The molecule has 0 aliphatic rings. The van der Waals surface area contributed by atoms with Crippen molar-refractivity contribution in [2.75, 3.05) is 0 Å². The van der Waals surface area contributed by atoms with Gasteiger partial charge in [0.1, 0.15) is 5.52 Å². The van der Waals surface area contributed by atoms with Crippen LogP contribution in [0.2, 0.25) is 0 Å². The first-order valence-electron chi connectivity index (χ1n) is 2.74. The molecule has 2 rings (SSSR count). The van der Waals surface area contributed by atoms with Gasteiger partial charge < -0.3 is 4.52 Å². The van der Waals surface area contributed by atoms with E-state index >= 15 is 0 Å².